The Bertz CT molecular complexity index is 620. The summed E-state index contributed by atoms with van der Waals surface area (Å²) in [6.45, 7) is 4.21. The molecule has 0 atom stereocenters. The van der Waals surface area contributed by atoms with Crippen molar-refractivity contribution in [2.24, 2.45) is 0 Å². The number of benzene rings is 1. The number of rotatable bonds is 6. The standard InChI is InChI=1S/C16H20N2O3/c1-4-8-13-12(16(19)21-5-2)11-17-18(13)14-9-6-7-10-15(14)20-3/h6-7,9-11H,4-5,8H2,1-3H3. The van der Waals surface area contributed by atoms with Crippen molar-refractivity contribution in [2.45, 2.75) is 26.7 Å². The van der Waals surface area contributed by atoms with Crippen LogP contribution < -0.4 is 4.74 Å². The molecule has 0 spiro atoms. The van der Waals surface area contributed by atoms with Gasteiger partial charge in [-0.1, -0.05) is 25.5 Å². The first kappa shape index (κ1) is 15.1. The molecule has 0 radical (unpaired) electrons. The number of nitrogens with zero attached hydrogens (tertiary/aromatic N) is 2. The van der Waals surface area contributed by atoms with Crippen molar-refractivity contribution >= 4 is 5.97 Å². The summed E-state index contributed by atoms with van der Waals surface area (Å²) in [4.78, 5) is 12.0. The average Bonchev–Trinajstić information content (AvgIpc) is 2.91. The van der Waals surface area contributed by atoms with Gasteiger partial charge in [-0.25, -0.2) is 9.48 Å². The molecular weight excluding hydrogens is 268 g/mol. The van der Waals surface area contributed by atoms with E-state index in [1.165, 1.54) is 0 Å². The van der Waals surface area contributed by atoms with E-state index >= 15 is 0 Å². The molecule has 0 saturated carbocycles. The molecule has 21 heavy (non-hydrogen) atoms. The largest absolute Gasteiger partial charge is 0.494 e. The second-order valence-corrected chi connectivity index (χ2v) is 4.56. The molecular formula is C16H20N2O3. The molecule has 0 aliphatic heterocycles. The van der Waals surface area contributed by atoms with Gasteiger partial charge in [0, 0.05) is 0 Å². The molecule has 1 aromatic heterocycles. The molecule has 5 nitrogen and oxygen atoms in total. The lowest BCUT2D eigenvalue weighted by Crippen LogP contribution is -2.10. The number of aromatic nitrogens is 2. The highest BCUT2D eigenvalue weighted by molar-refractivity contribution is 5.90. The second kappa shape index (κ2) is 6.92. The maximum Gasteiger partial charge on any atom is 0.341 e. The zero-order valence-electron chi connectivity index (χ0n) is 12.6. The Kier molecular flexibility index (Phi) is 4.98. The summed E-state index contributed by atoms with van der Waals surface area (Å²) >= 11 is 0. The maximum atomic E-state index is 12.0. The van der Waals surface area contributed by atoms with Crippen molar-refractivity contribution in [3.05, 3.63) is 41.7 Å². The molecule has 0 aliphatic carbocycles. The second-order valence-electron chi connectivity index (χ2n) is 4.56. The number of hydrogen-bond acceptors (Lipinski definition) is 4. The minimum Gasteiger partial charge on any atom is -0.494 e. The summed E-state index contributed by atoms with van der Waals surface area (Å²) in [7, 11) is 1.62. The lowest BCUT2D eigenvalue weighted by Gasteiger charge is -2.12. The Balaban J connectivity index is 2.51. The first-order valence-corrected chi connectivity index (χ1v) is 7.10. The number of carbonyl (C=O) groups excluding carboxylic acids is 1. The van der Waals surface area contributed by atoms with E-state index in [4.69, 9.17) is 9.47 Å². The van der Waals surface area contributed by atoms with Crippen LogP contribution in [0.5, 0.6) is 5.75 Å². The van der Waals surface area contributed by atoms with Gasteiger partial charge in [0.15, 0.2) is 0 Å². The number of ether oxygens (including phenoxy) is 2. The summed E-state index contributed by atoms with van der Waals surface area (Å²) in [5, 5.41) is 4.35. The smallest absolute Gasteiger partial charge is 0.341 e. The van der Waals surface area contributed by atoms with E-state index in [-0.39, 0.29) is 5.97 Å². The van der Waals surface area contributed by atoms with Gasteiger partial charge in [-0.3, -0.25) is 0 Å². The molecule has 1 heterocycles. The molecule has 0 aliphatic rings. The van der Waals surface area contributed by atoms with Gasteiger partial charge in [0.2, 0.25) is 0 Å². The van der Waals surface area contributed by atoms with Gasteiger partial charge in [-0.2, -0.15) is 5.10 Å². The normalized spacial score (nSPS) is 10.4. The molecule has 0 unspecified atom stereocenters. The van der Waals surface area contributed by atoms with Crippen molar-refractivity contribution in [3.8, 4) is 11.4 Å². The Morgan fingerprint density at radius 1 is 1.29 bits per heavy atom. The van der Waals surface area contributed by atoms with Gasteiger partial charge in [0.25, 0.3) is 0 Å². The van der Waals surface area contributed by atoms with Gasteiger partial charge in [0.05, 0.1) is 25.6 Å². The fourth-order valence-corrected chi connectivity index (χ4v) is 2.24. The van der Waals surface area contributed by atoms with Crippen LogP contribution >= 0.6 is 0 Å². The van der Waals surface area contributed by atoms with Gasteiger partial charge in [0.1, 0.15) is 17.0 Å². The molecule has 2 rings (SSSR count). The van der Waals surface area contributed by atoms with Crippen molar-refractivity contribution in [3.63, 3.8) is 0 Å². The highest BCUT2D eigenvalue weighted by Gasteiger charge is 2.20. The number of hydrogen-bond donors (Lipinski definition) is 0. The molecule has 5 heteroatoms. The fraction of sp³-hybridized carbons (Fsp3) is 0.375. The predicted octanol–water partition coefficient (Wildman–Crippen LogP) is 3.01. The lowest BCUT2D eigenvalue weighted by atomic mass is 10.1. The zero-order chi connectivity index (χ0) is 15.2. The number of para-hydroxylation sites is 2. The summed E-state index contributed by atoms with van der Waals surface area (Å²) in [5.74, 6) is 0.385. The third kappa shape index (κ3) is 3.07. The molecule has 1 aromatic carbocycles. The van der Waals surface area contributed by atoms with Crippen LogP contribution in [0.4, 0.5) is 0 Å². The molecule has 112 valence electrons. The fourth-order valence-electron chi connectivity index (χ4n) is 2.24. The highest BCUT2D eigenvalue weighted by atomic mass is 16.5. The maximum absolute atomic E-state index is 12.0. The van der Waals surface area contributed by atoms with Crippen LogP contribution in [0.25, 0.3) is 5.69 Å². The first-order chi connectivity index (χ1) is 10.2. The van der Waals surface area contributed by atoms with Gasteiger partial charge in [-0.05, 0) is 25.5 Å². The SMILES string of the molecule is CCCc1c(C(=O)OCC)cnn1-c1ccccc1OC. The molecule has 0 N–H and O–H groups in total. The lowest BCUT2D eigenvalue weighted by molar-refractivity contribution is 0.0525. The summed E-state index contributed by atoms with van der Waals surface area (Å²) < 4.78 is 12.2. The van der Waals surface area contributed by atoms with E-state index in [0.717, 1.165) is 24.2 Å². The minimum atomic E-state index is -0.331. The van der Waals surface area contributed by atoms with E-state index in [0.29, 0.717) is 17.9 Å². The first-order valence-electron chi connectivity index (χ1n) is 7.10. The van der Waals surface area contributed by atoms with Gasteiger partial charge in [-0.15, -0.1) is 0 Å². The van der Waals surface area contributed by atoms with Gasteiger partial charge < -0.3 is 9.47 Å². The number of esters is 1. The molecule has 0 saturated heterocycles. The van der Waals surface area contributed by atoms with Crippen LogP contribution in [0.2, 0.25) is 0 Å². The van der Waals surface area contributed by atoms with Crippen LogP contribution in [0, 0.1) is 0 Å². The number of carbonyl (C=O) groups is 1. The van der Waals surface area contributed by atoms with E-state index < -0.39 is 0 Å². The number of methoxy groups -OCH3 is 1. The predicted molar refractivity (Wildman–Crippen MR) is 80.1 cm³/mol. The summed E-state index contributed by atoms with van der Waals surface area (Å²) in [5.41, 5.74) is 2.18. The monoisotopic (exact) mass is 288 g/mol. The third-order valence-electron chi connectivity index (χ3n) is 3.16. The third-order valence-corrected chi connectivity index (χ3v) is 3.16. The average molecular weight is 288 g/mol. The zero-order valence-corrected chi connectivity index (χ0v) is 12.6. The quantitative estimate of drug-likeness (QED) is 0.767. The summed E-state index contributed by atoms with van der Waals surface area (Å²) in [6.07, 6.45) is 3.22. The van der Waals surface area contributed by atoms with Crippen LogP contribution in [-0.4, -0.2) is 29.5 Å². The van der Waals surface area contributed by atoms with Crippen molar-refractivity contribution < 1.29 is 14.3 Å². The Hall–Kier alpha value is -2.30. The van der Waals surface area contributed by atoms with E-state index in [1.54, 1.807) is 24.9 Å². The van der Waals surface area contributed by atoms with Crippen molar-refractivity contribution in [1.82, 2.24) is 9.78 Å². The van der Waals surface area contributed by atoms with Crippen LogP contribution in [-0.2, 0) is 11.2 Å². The Morgan fingerprint density at radius 2 is 2.05 bits per heavy atom. The van der Waals surface area contributed by atoms with Crippen LogP contribution in [0.1, 0.15) is 36.3 Å². The highest BCUT2D eigenvalue weighted by Crippen LogP contribution is 2.25. The Labute approximate surface area is 124 Å². The molecule has 0 bridgehead atoms. The molecule has 0 fully saturated rings. The van der Waals surface area contributed by atoms with Crippen molar-refractivity contribution in [1.29, 1.82) is 0 Å². The minimum absolute atomic E-state index is 0.331. The Morgan fingerprint density at radius 3 is 2.71 bits per heavy atom. The van der Waals surface area contributed by atoms with E-state index in [1.807, 2.05) is 24.3 Å². The summed E-state index contributed by atoms with van der Waals surface area (Å²) in [6, 6.07) is 7.60. The van der Waals surface area contributed by atoms with Crippen LogP contribution in [0.3, 0.4) is 0 Å². The molecule has 2 aromatic rings. The van der Waals surface area contributed by atoms with Gasteiger partial charge >= 0.3 is 5.97 Å². The topological polar surface area (TPSA) is 53.3 Å². The van der Waals surface area contributed by atoms with Crippen LogP contribution in [0.15, 0.2) is 30.5 Å². The van der Waals surface area contributed by atoms with Crippen molar-refractivity contribution in [2.75, 3.05) is 13.7 Å². The van der Waals surface area contributed by atoms with E-state index in [2.05, 4.69) is 12.0 Å². The molecule has 0 amide bonds. The van der Waals surface area contributed by atoms with E-state index in [9.17, 15) is 4.79 Å².